The zero-order valence-electron chi connectivity index (χ0n) is 14.7. The highest BCUT2D eigenvalue weighted by Crippen LogP contribution is 2.13. The number of benzene rings is 2. The van der Waals surface area contributed by atoms with Crippen LogP contribution >= 0.6 is 0 Å². The lowest BCUT2D eigenvalue weighted by Crippen LogP contribution is -2.43. The molecule has 0 aliphatic carbocycles. The highest BCUT2D eigenvalue weighted by atomic mass is 16.6. The van der Waals surface area contributed by atoms with Crippen molar-refractivity contribution in [3.8, 4) is 0 Å². The molecular weight excluding hydrogens is 344 g/mol. The second-order valence-electron chi connectivity index (χ2n) is 5.77. The molecule has 0 aromatic heterocycles. The van der Waals surface area contributed by atoms with E-state index in [-0.39, 0.29) is 13.2 Å². The van der Waals surface area contributed by atoms with E-state index in [9.17, 15) is 9.59 Å². The molecule has 0 saturated carbocycles. The number of nitrogens with zero attached hydrogens (tertiary/aromatic N) is 2. The summed E-state index contributed by atoms with van der Waals surface area (Å²) in [5.41, 5.74) is 1.72. The van der Waals surface area contributed by atoms with Gasteiger partial charge in [-0.15, -0.1) is 0 Å². The third kappa shape index (κ3) is 5.22. The van der Waals surface area contributed by atoms with Gasteiger partial charge in [0.2, 0.25) is 0 Å². The van der Waals surface area contributed by atoms with Crippen molar-refractivity contribution in [2.45, 2.75) is 19.6 Å². The summed E-state index contributed by atoms with van der Waals surface area (Å²) < 4.78 is 10.6. The van der Waals surface area contributed by atoms with Crippen molar-refractivity contribution in [3.05, 3.63) is 96.3 Å². The number of hydrogen-bond acceptors (Lipinski definition) is 4. The van der Waals surface area contributed by atoms with Crippen molar-refractivity contribution < 1.29 is 19.1 Å². The minimum Gasteiger partial charge on any atom is -0.443 e. The number of hydrogen-bond donors (Lipinski definition) is 0. The van der Waals surface area contributed by atoms with Crippen molar-refractivity contribution in [3.63, 3.8) is 0 Å². The van der Waals surface area contributed by atoms with Gasteiger partial charge in [0.25, 0.3) is 0 Å². The zero-order valence-corrected chi connectivity index (χ0v) is 14.7. The molecule has 2 aromatic rings. The minimum absolute atomic E-state index is 0.112. The second-order valence-corrected chi connectivity index (χ2v) is 5.77. The molecule has 0 spiro atoms. The average molecular weight is 364 g/mol. The Labute approximate surface area is 157 Å². The number of carbonyl (C=O) groups is 2. The van der Waals surface area contributed by atoms with Gasteiger partial charge in [0.05, 0.1) is 0 Å². The SMILES string of the molecule is O=C(OCc1ccccc1)N1C=CCC=CN1C(=O)OCc1ccccc1. The van der Waals surface area contributed by atoms with E-state index >= 15 is 0 Å². The molecule has 0 bridgehead atoms. The van der Waals surface area contributed by atoms with E-state index in [2.05, 4.69) is 0 Å². The van der Waals surface area contributed by atoms with Crippen LogP contribution in [0.1, 0.15) is 17.5 Å². The van der Waals surface area contributed by atoms with Gasteiger partial charge in [0.1, 0.15) is 13.2 Å². The molecule has 2 amide bonds. The van der Waals surface area contributed by atoms with Crippen molar-refractivity contribution >= 4 is 12.2 Å². The van der Waals surface area contributed by atoms with Gasteiger partial charge in [-0.2, -0.15) is 10.0 Å². The van der Waals surface area contributed by atoms with Crippen molar-refractivity contribution in [2.75, 3.05) is 0 Å². The number of rotatable bonds is 4. The highest BCUT2D eigenvalue weighted by Gasteiger charge is 2.26. The third-order valence-electron chi connectivity index (χ3n) is 3.78. The molecule has 0 fully saturated rings. The normalized spacial score (nSPS) is 13.2. The summed E-state index contributed by atoms with van der Waals surface area (Å²) in [4.78, 5) is 25.0. The first kappa shape index (κ1) is 18.3. The van der Waals surface area contributed by atoms with E-state index in [1.165, 1.54) is 12.4 Å². The Balaban J connectivity index is 1.63. The van der Waals surface area contributed by atoms with E-state index < -0.39 is 12.2 Å². The fraction of sp³-hybridized carbons (Fsp3) is 0.143. The van der Waals surface area contributed by atoms with Crippen molar-refractivity contribution in [2.24, 2.45) is 0 Å². The Bertz CT molecular complexity index is 749. The maximum Gasteiger partial charge on any atom is 0.433 e. The summed E-state index contributed by atoms with van der Waals surface area (Å²) in [6.07, 6.45) is 5.76. The standard InChI is InChI=1S/C21H20N2O4/c24-20(26-16-18-10-4-1-5-11-18)22-14-8-3-9-15-23(22)21(25)27-17-19-12-6-2-7-13-19/h1-2,4-15H,3,16-17H2. The van der Waals surface area contributed by atoms with Gasteiger partial charge < -0.3 is 9.47 Å². The van der Waals surface area contributed by atoms with E-state index in [1.807, 2.05) is 60.7 Å². The summed E-state index contributed by atoms with van der Waals surface area (Å²) in [6, 6.07) is 18.7. The largest absolute Gasteiger partial charge is 0.443 e. The van der Waals surface area contributed by atoms with E-state index in [4.69, 9.17) is 9.47 Å². The smallest absolute Gasteiger partial charge is 0.433 e. The molecule has 0 radical (unpaired) electrons. The quantitative estimate of drug-likeness (QED) is 0.795. The molecule has 2 aromatic carbocycles. The molecule has 0 saturated heterocycles. The van der Waals surface area contributed by atoms with Gasteiger partial charge >= 0.3 is 12.2 Å². The molecule has 0 unspecified atom stereocenters. The summed E-state index contributed by atoms with van der Waals surface area (Å²) in [7, 11) is 0. The Kier molecular flexibility index (Phi) is 6.25. The summed E-state index contributed by atoms with van der Waals surface area (Å²) in [5, 5.41) is 2.19. The van der Waals surface area contributed by atoms with Gasteiger partial charge in [-0.05, 0) is 17.5 Å². The molecule has 1 heterocycles. The summed E-state index contributed by atoms with van der Waals surface area (Å²) in [6.45, 7) is 0.223. The second kappa shape index (κ2) is 9.24. The molecule has 3 rings (SSSR count). The first-order valence-electron chi connectivity index (χ1n) is 8.57. The van der Waals surface area contributed by atoms with Crippen LogP contribution in [-0.2, 0) is 22.7 Å². The van der Waals surface area contributed by atoms with Crippen LogP contribution in [0.2, 0.25) is 0 Å². The van der Waals surface area contributed by atoms with Crippen LogP contribution in [-0.4, -0.2) is 22.2 Å². The Morgan fingerprint density at radius 2 is 1.11 bits per heavy atom. The zero-order chi connectivity index (χ0) is 18.9. The van der Waals surface area contributed by atoms with Gasteiger partial charge in [-0.25, -0.2) is 9.59 Å². The minimum atomic E-state index is -0.668. The lowest BCUT2D eigenvalue weighted by molar-refractivity contribution is 0.0238. The summed E-state index contributed by atoms with van der Waals surface area (Å²) >= 11 is 0. The topological polar surface area (TPSA) is 59.1 Å². The highest BCUT2D eigenvalue weighted by molar-refractivity contribution is 5.76. The molecule has 1 aliphatic heterocycles. The number of amides is 2. The van der Waals surface area contributed by atoms with Crippen LogP contribution in [0.5, 0.6) is 0 Å². The molecule has 138 valence electrons. The van der Waals surface area contributed by atoms with E-state index in [0.29, 0.717) is 6.42 Å². The van der Waals surface area contributed by atoms with Gasteiger partial charge in [-0.1, -0.05) is 72.8 Å². The maximum absolute atomic E-state index is 12.5. The number of allylic oxidation sites excluding steroid dienone is 2. The molecule has 1 aliphatic rings. The van der Waals surface area contributed by atoms with Gasteiger partial charge in [0.15, 0.2) is 0 Å². The first-order valence-corrected chi connectivity index (χ1v) is 8.57. The monoisotopic (exact) mass is 364 g/mol. The number of ether oxygens (including phenoxy) is 2. The van der Waals surface area contributed by atoms with Crippen LogP contribution in [0.25, 0.3) is 0 Å². The lowest BCUT2D eigenvalue weighted by atomic mass is 10.2. The fourth-order valence-electron chi connectivity index (χ4n) is 2.41. The van der Waals surface area contributed by atoms with Crippen LogP contribution in [0, 0.1) is 0 Å². The summed E-state index contributed by atoms with van der Waals surface area (Å²) in [5.74, 6) is 0. The van der Waals surface area contributed by atoms with Crippen LogP contribution < -0.4 is 0 Å². The van der Waals surface area contributed by atoms with Gasteiger partial charge in [-0.3, -0.25) is 0 Å². The Morgan fingerprint density at radius 1 is 0.704 bits per heavy atom. The van der Waals surface area contributed by atoms with Crippen molar-refractivity contribution in [1.82, 2.24) is 10.0 Å². The van der Waals surface area contributed by atoms with Crippen molar-refractivity contribution in [1.29, 1.82) is 0 Å². The number of carbonyl (C=O) groups excluding carboxylic acids is 2. The molecule has 6 nitrogen and oxygen atoms in total. The number of hydrazine groups is 1. The molecule has 0 N–H and O–H groups in total. The molecular formula is C21H20N2O4. The molecule has 27 heavy (non-hydrogen) atoms. The van der Waals surface area contributed by atoms with E-state index in [0.717, 1.165) is 21.1 Å². The predicted molar refractivity (Wildman–Crippen MR) is 99.8 cm³/mol. The van der Waals surface area contributed by atoms with E-state index in [1.54, 1.807) is 12.2 Å². The Hall–Kier alpha value is -3.54. The molecule has 0 atom stereocenters. The predicted octanol–water partition coefficient (Wildman–Crippen LogP) is 4.61. The average Bonchev–Trinajstić information content (AvgIpc) is 2.98. The van der Waals surface area contributed by atoms with Crippen LogP contribution in [0.4, 0.5) is 9.59 Å². The molecule has 6 heteroatoms. The fourth-order valence-corrected chi connectivity index (χ4v) is 2.41. The lowest BCUT2D eigenvalue weighted by Gasteiger charge is -2.27. The third-order valence-corrected chi connectivity index (χ3v) is 3.78. The maximum atomic E-state index is 12.5. The Morgan fingerprint density at radius 3 is 1.52 bits per heavy atom. The van der Waals surface area contributed by atoms with Crippen LogP contribution in [0.3, 0.4) is 0 Å². The van der Waals surface area contributed by atoms with Crippen LogP contribution in [0.15, 0.2) is 85.2 Å². The van der Waals surface area contributed by atoms with Gasteiger partial charge in [0, 0.05) is 12.4 Å². The first-order chi connectivity index (χ1) is 13.2.